The molecule has 137 heavy (non-hydrogen) atoms. The van der Waals surface area contributed by atoms with Crippen molar-refractivity contribution < 1.29 is 9.59 Å². The van der Waals surface area contributed by atoms with E-state index in [0.29, 0.717) is 6.42 Å². The molecule has 1 rings (SSSR count). The Balaban J connectivity index is -0.0000153. The van der Waals surface area contributed by atoms with Crippen LogP contribution in [0.25, 0.3) is 0 Å². The van der Waals surface area contributed by atoms with E-state index in [2.05, 4.69) is 6.92 Å². The lowest BCUT2D eigenvalue weighted by Crippen LogP contribution is -2.26. The molecule has 0 fully saturated rings. The van der Waals surface area contributed by atoms with Crippen LogP contribution in [-0.4, -0.2) is 30.2 Å². The van der Waals surface area contributed by atoms with Crippen LogP contribution >= 0.6 is 0 Å². The zero-order chi connectivity index (χ0) is 96.7. The average molecular weight is 1920 g/mol. The van der Waals surface area contributed by atoms with Crippen molar-refractivity contribution in [3.8, 4) is 0 Å². The van der Waals surface area contributed by atoms with Crippen LogP contribution in [-0.2, 0) is 4.79 Å². The van der Waals surface area contributed by atoms with Gasteiger partial charge in [-0.05, 0) is 13.3 Å². The normalized spacial score (nSPS) is 11.4. The summed E-state index contributed by atoms with van der Waals surface area (Å²) in [6.07, 6.45) is 176. The molecule has 0 saturated heterocycles. The second-order valence-corrected chi connectivity index (χ2v) is 45.5. The van der Waals surface area contributed by atoms with Gasteiger partial charge in [0.15, 0.2) is 5.78 Å². The molecule has 818 valence electrons. The number of carbonyl (C=O) groups excluding carboxylic acids is 2. The van der Waals surface area contributed by atoms with E-state index in [0.717, 1.165) is 12.1 Å². The van der Waals surface area contributed by atoms with Crippen LogP contribution < -0.4 is 0 Å². The van der Waals surface area contributed by atoms with E-state index >= 15 is 0 Å². The van der Waals surface area contributed by atoms with Crippen molar-refractivity contribution in [2.24, 2.45) is 0 Å². The molecule has 0 heterocycles. The second-order valence-electron chi connectivity index (χ2n) is 45.5. The summed E-state index contributed by atoms with van der Waals surface area (Å²) in [7, 11) is 1.95. The molecule has 1 aromatic rings. The number of benzene rings is 1. The van der Waals surface area contributed by atoms with Crippen LogP contribution in [0, 0.1) is 0 Å². The second kappa shape index (κ2) is 130. The highest BCUT2D eigenvalue weighted by Crippen LogP contribution is 2.26. The van der Waals surface area contributed by atoms with Gasteiger partial charge in [0, 0.05) is 25.6 Å². The minimum atomic E-state index is 0. The van der Waals surface area contributed by atoms with Crippen LogP contribution in [0.3, 0.4) is 0 Å². The zero-order valence-electron chi connectivity index (χ0n) is 94.5. The monoisotopic (exact) mass is 1920 g/mol. The summed E-state index contributed by atoms with van der Waals surface area (Å²) in [5.41, 5.74) is 0.775. The topological polar surface area (TPSA) is 37.4 Å². The molecule has 0 N–H and O–H groups in total. The fraction of sp³-hybridized carbons (Fsp3) is 0.940. The van der Waals surface area contributed by atoms with Crippen molar-refractivity contribution >= 4 is 11.7 Å². The number of ketones is 1. The number of rotatable bonds is 121. The standard InChI is InChI=1S/C124H249NO.C8H8O.2CH4/c1-4-6-7-8-9-10-11-12-13-14-15-16-17-18-19-20-21-22-23-24-25-26-27-28-29-30-31-32-33-34-35-36-37-38-39-40-41-42-43-44-45-46-47-48-49-50-51-52-53-54-55-56-57-58-59-60-61-62-63-64-65-66-67-68-69-70-71-72-73-74-75-76-77-78-79-80-81-82-83-84-85-86-87-88-89-90-91-92-93-94-95-96-97-98-99-100-101-102-103-104-105-106-107-108-109-110-111-112-113-114-115-116-117-118-119-120-121-122-123-125(3)124(126)5-2;1-7(9)8-5-3-2-4-6-8;;/h4-123H2,1-3H3;2-6H,1H3;2*1H4. The molecule has 0 radical (unpaired) electrons. The maximum absolute atomic E-state index is 11.6. The molecule has 0 spiro atoms. The van der Waals surface area contributed by atoms with Gasteiger partial charge in [0.2, 0.25) is 5.91 Å². The molecule has 3 heteroatoms. The SMILES string of the molecule is C.C.CC(=O)c1ccccc1.CCCCCCCCCCCCCCCCCCCCCCCCCCCCCCCCCCCCCCCCCCCCCCCCCCCCCCCCCCCCCCCCCCCCCCCCCCCCCCCCCCCCCCCCCCCCCCCCCCCCCCCCCCCCCCCCCCCCCCCCN(C)C(=O)CC. The van der Waals surface area contributed by atoms with Crippen molar-refractivity contribution in [3.05, 3.63) is 35.9 Å². The van der Waals surface area contributed by atoms with Crippen LogP contribution in [0.15, 0.2) is 30.3 Å². The first-order chi connectivity index (χ1) is 67.0. The number of unbranched alkanes of at least 4 members (excludes halogenated alkanes) is 117. The number of amides is 1. The van der Waals surface area contributed by atoms with Gasteiger partial charge in [0.25, 0.3) is 0 Å². The quantitative estimate of drug-likeness (QED) is 0.0481. The minimum Gasteiger partial charge on any atom is -0.346 e. The third-order valence-corrected chi connectivity index (χ3v) is 31.8. The summed E-state index contributed by atoms with van der Waals surface area (Å²) in [6.45, 7) is 6.78. The maximum Gasteiger partial charge on any atom is 0.222 e. The van der Waals surface area contributed by atoms with Crippen LogP contribution in [0.2, 0.25) is 0 Å². The van der Waals surface area contributed by atoms with Crippen molar-refractivity contribution in [2.45, 2.75) is 800 Å². The van der Waals surface area contributed by atoms with Crippen molar-refractivity contribution in [1.29, 1.82) is 0 Å². The third-order valence-electron chi connectivity index (χ3n) is 31.8. The Kier molecular flexibility index (Phi) is 133. The molecule has 0 saturated carbocycles. The summed E-state index contributed by atoms with van der Waals surface area (Å²) < 4.78 is 0. The van der Waals surface area contributed by atoms with E-state index in [1.54, 1.807) is 6.92 Å². The van der Waals surface area contributed by atoms with E-state index in [4.69, 9.17) is 0 Å². The lowest BCUT2D eigenvalue weighted by molar-refractivity contribution is -0.129. The molecule has 0 aromatic heterocycles. The highest BCUT2D eigenvalue weighted by atomic mass is 16.2. The van der Waals surface area contributed by atoms with E-state index < -0.39 is 0 Å². The molecular formula is C134H265NO2. The largest absolute Gasteiger partial charge is 0.346 e. The molecule has 0 aliphatic rings. The van der Waals surface area contributed by atoms with Crippen LogP contribution in [0.4, 0.5) is 0 Å². The summed E-state index contributed by atoms with van der Waals surface area (Å²) in [4.78, 5) is 24.2. The first kappa shape index (κ1) is 139. The number of Topliss-reactive ketones (excluding diaryl/α,β-unsaturated/α-hetero) is 1. The Morgan fingerprint density at radius 1 is 0.161 bits per heavy atom. The molecule has 3 nitrogen and oxygen atoms in total. The van der Waals surface area contributed by atoms with Crippen molar-refractivity contribution in [1.82, 2.24) is 4.90 Å². The Labute approximate surface area is 869 Å². The van der Waals surface area contributed by atoms with E-state index in [1.807, 2.05) is 49.2 Å². The summed E-state index contributed by atoms with van der Waals surface area (Å²) in [6, 6.07) is 9.23. The van der Waals surface area contributed by atoms with Gasteiger partial charge in [-0.25, -0.2) is 0 Å². The number of hydrogen-bond donors (Lipinski definition) is 0. The maximum atomic E-state index is 11.6. The Morgan fingerprint density at radius 2 is 0.255 bits per heavy atom. The highest BCUT2D eigenvalue weighted by Gasteiger charge is 2.09. The summed E-state index contributed by atoms with van der Waals surface area (Å²) in [5.74, 6) is 0.403. The van der Waals surface area contributed by atoms with E-state index in [9.17, 15) is 9.59 Å². The lowest BCUT2D eigenvalue weighted by atomic mass is 10.0. The van der Waals surface area contributed by atoms with Crippen LogP contribution in [0.5, 0.6) is 0 Å². The molecule has 0 unspecified atom stereocenters. The van der Waals surface area contributed by atoms with Gasteiger partial charge in [-0.2, -0.15) is 0 Å². The lowest BCUT2D eigenvalue weighted by Gasteiger charge is -2.15. The first-order valence-corrected chi connectivity index (χ1v) is 64.8. The Hall–Kier alpha value is -1.64. The predicted molar refractivity (Wildman–Crippen MR) is 628 cm³/mol. The number of nitrogens with zero attached hydrogens (tertiary/aromatic N) is 1. The molecule has 0 bridgehead atoms. The summed E-state index contributed by atoms with van der Waals surface area (Å²) >= 11 is 0. The molecule has 1 aromatic carbocycles. The molecular weight excluding hydrogens is 1660 g/mol. The van der Waals surface area contributed by atoms with Gasteiger partial charge in [-0.1, -0.05) is 810 Å². The van der Waals surface area contributed by atoms with Gasteiger partial charge < -0.3 is 4.90 Å². The molecule has 0 aliphatic heterocycles. The first-order valence-electron chi connectivity index (χ1n) is 64.8. The third kappa shape index (κ3) is 127. The Morgan fingerprint density at radius 3 is 0.336 bits per heavy atom. The van der Waals surface area contributed by atoms with Gasteiger partial charge in [-0.15, -0.1) is 0 Å². The fourth-order valence-corrected chi connectivity index (χ4v) is 22.0. The van der Waals surface area contributed by atoms with Crippen LogP contribution in [0.1, 0.15) is 810 Å². The van der Waals surface area contributed by atoms with Gasteiger partial charge in [0.1, 0.15) is 0 Å². The number of hydrogen-bond acceptors (Lipinski definition) is 2. The van der Waals surface area contributed by atoms with Crippen molar-refractivity contribution in [2.75, 3.05) is 13.6 Å². The fourth-order valence-electron chi connectivity index (χ4n) is 22.0. The van der Waals surface area contributed by atoms with Gasteiger partial charge in [0.05, 0.1) is 0 Å². The average Bonchev–Trinajstić information content (AvgIpc) is 0.938. The van der Waals surface area contributed by atoms with E-state index in [-0.39, 0.29) is 26.5 Å². The van der Waals surface area contributed by atoms with E-state index in [1.165, 1.54) is 758 Å². The predicted octanol–water partition coefficient (Wildman–Crippen LogP) is 50.1. The smallest absolute Gasteiger partial charge is 0.222 e. The molecule has 0 atom stereocenters. The minimum absolute atomic E-state index is 0. The highest BCUT2D eigenvalue weighted by molar-refractivity contribution is 5.93. The molecule has 1 amide bonds. The number of carbonyl (C=O) groups is 2. The van der Waals surface area contributed by atoms with Gasteiger partial charge >= 0.3 is 0 Å². The van der Waals surface area contributed by atoms with Crippen molar-refractivity contribution in [3.63, 3.8) is 0 Å². The summed E-state index contributed by atoms with van der Waals surface area (Å²) in [5, 5.41) is 0. The zero-order valence-corrected chi connectivity index (χ0v) is 94.5. The molecule has 0 aliphatic carbocycles. The Bertz CT molecular complexity index is 2130. The van der Waals surface area contributed by atoms with Gasteiger partial charge in [-0.3, -0.25) is 9.59 Å².